The molecule has 0 bridgehead atoms. The first kappa shape index (κ1) is 17.8. The number of carbonyl (C=O) groups excluding carboxylic acids is 2. The number of nitrogens with zero attached hydrogens (tertiary/aromatic N) is 3. The van der Waals surface area contributed by atoms with Crippen molar-refractivity contribution < 1.29 is 24.0 Å². The smallest absolute Gasteiger partial charge is 0.359 e. The van der Waals surface area contributed by atoms with Crippen LogP contribution in [0.1, 0.15) is 16.2 Å². The van der Waals surface area contributed by atoms with E-state index in [2.05, 4.69) is 15.3 Å². The number of ether oxygens (including phenoxy) is 2. The second-order valence-corrected chi connectivity index (χ2v) is 4.81. The van der Waals surface area contributed by atoms with Crippen LogP contribution >= 0.6 is 0 Å². The molecule has 0 saturated carbocycles. The van der Waals surface area contributed by atoms with Crippen LogP contribution in [-0.4, -0.2) is 40.5 Å². The van der Waals surface area contributed by atoms with Gasteiger partial charge in [-0.3, -0.25) is 19.9 Å². The lowest BCUT2D eigenvalue weighted by Gasteiger charge is -2.08. The predicted molar refractivity (Wildman–Crippen MR) is 85.3 cm³/mol. The number of anilines is 1. The van der Waals surface area contributed by atoms with Crippen LogP contribution in [0.2, 0.25) is 0 Å². The van der Waals surface area contributed by atoms with E-state index in [-0.39, 0.29) is 22.8 Å². The zero-order valence-electron chi connectivity index (χ0n) is 13.4. The maximum atomic E-state index is 11.9. The number of hydrogen-bond donors (Lipinski definition) is 1. The third-order valence-electron chi connectivity index (χ3n) is 3.00. The Kier molecular flexibility index (Phi) is 5.56. The monoisotopic (exact) mass is 346 g/mol. The molecule has 0 spiro atoms. The fourth-order valence-electron chi connectivity index (χ4n) is 1.78. The number of nitrogens with one attached hydrogen (secondary N) is 1. The summed E-state index contributed by atoms with van der Waals surface area (Å²) in [5.74, 6) is -1.29. The normalized spacial score (nSPS) is 10.0. The van der Waals surface area contributed by atoms with Gasteiger partial charge in [0.2, 0.25) is 0 Å². The third-order valence-corrected chi connectivity index (χ3v) is 3.00. The third kappa shape index (κ3) is 4.70. The minimum absolute atomic E-state index is 0.0398. The highest BCUT2D eigenvalue weighted by Gasteiger charge is 2.18. The van der Waals surface area contributed by atoms with Gasteiger partial charge in [0, 0.05) is 6.20 Å². The quantitative estimate of drug-likeness (QED) is 0.472. The molecule has 1 N–H and O–H groups in total. The highest BCUT2D eigenvalue weighted by Crippen LogP contribution is 2.28. The van der Waals surface area contributed by atoms with Crippen molar-refractivity contribution in [1.82, 2.24) is 9.97 Å². The number of aromatic nitrogens is 2. The number of rotatable bonds is 6. The van der Waals surface area contributed by atoms with E-state index >= 15 is 0 Å². The van der Waals surface area contributed by atoms with Crippen molar-refractivity contribution in [3.8, 4) is 5.75 Å². The van der Waals surface area contributed by atoms with Crippen molar-refractivity contribution in [3.63, 3.8) is 0 Å². The Hall–Kier alpha value is -3.56. The number of benzene rings is 1. The van der Waals surface area contributed by atoms with Gasteiger partial charge in [0.05, 0.1) is 30.0 Å². The predicted octanol–water partition coefficient (Wildman–Crippen LogP) is 1.50. The maximum Gasteiger partial charge on any atom is 0.359 e. The number of aryl methyl sites for hydroxylation is 1. The molecule has 1 aromatic carbocycles. The molecular formula is C15H14N4O6. The summed E-state index contributed by atoms with van der Waals surface area (Å²) in [4.78, 5) is 41.7. The number of carbonyl (C=O) groups is 2. The minimum Gasteiger partial charge on any atom is -0.496 e. The second kappa shape index (κ2) is 7.81. The Labute approximate surface area is 142 Å². The molecule has 0 aliphatic carbocycles. The number of nitro benzene ring substituents is 1. The first-order chi connectivity index (χ1) is 11.9. The standard InChI is InChI=1S/C15H14N4O6/c1-9-6-17-12(7-16-9)15(21)25-8-14(20)18-11-4-3-10(24-2)5-13(11)19(22)23/h3-7H,8H2,1-2H3,(H,18,20). The van der Waals surface area contributed by atoms with Crippen LogP contribution in [0.5, 0.6) is 5.75 Å². The van der Waals surface area contributed by atoms with E-state index in [1.54, 1.807) is 6.92 Å². The largest absolute Gasteiger partial charge is 0.496 e. The Balaban J connectivity index is 1.99. The van der Waals surface area contributed by atoms with Crippen LogP contribution in [-0.2, 0) is 9.53 Å². The highest BCUT2D eigenvalue weighted by atomic mass is 16.6. The van der Waals surface area contributed by atoms with E-state index in [1.807, 2.05) is 0 Å². The summed E-state index contributed by atoms with van der Waals surface area (Å²) < 4.78 is 9.70. The molecule has 10 nitrogen and oxygen atoms in total. The number of nitro groups is 1. The van der Waals surface area contributed by atoms with Gasteiger partial charge >= 0.3 is 5.97 Å². The van der Waals surface area contributed by atoms with Crippen LogP contribution < -0.4 is 10.1 Å². The average molecular weight is 346 g/mol. The van der Waals surface area contributed by atoms with Crippen molar-refractivity contribution in [2.45, 2.75) is 6.92 Å². The molecule has 25 heavy (non-hydrogen) atoms. The van der Waals surface area contributed by atoms with E-state index < -0.39 is 23.4 Å². The van der Waals surface area contributed by atoms with Crippen molar-refractivity contribution in [2.24, 2.45) is 0 Å². The van der Waals surface area contributed by atoms with Crippen LogP contribution in [0.25, 0.3) is 0 Å². The lowest BCUT2D eigenvalue weighted by molar-refractivity contribution is -0.384. The fourth-order valence-corrected chi connectivity index (χ4v) is 1.78. The van der Waals surface area contributed by atoms with E-state index in [0.717, 1.165) is 0 Å². The van der Waals surface area contributed by atoms with Crippen molar-refractivity contribution in [1.29, 1.82) is 0 Å². The molecule has 130 valence electrons. The van der Waals surface area contributed by atoms with E-state index in [1.165, 1.54) is 37.7 Å². The van der Waals surface area contributed by atoms with Crippen LogP contribution in [0.15, 0.2) is 30.6 Å². The number of methoxy groups -OCH3 is 1. The Morgan fingerprint density at radius 1 is 1.28 bits per heavy atom. The first-order valence-corrected chi connectivity index (χ1v) is 6.98. The summed E-state index contributed by atoms with van der Waals surface area (Å²) in [6, 6.07) is 3.95. The number of amides is 1. The molecule has 1 heterocycles. The van der Waals surface area contributed by atoms with Gasteiger partial charge in [-0.2, -0.15) is 0 Å². The molecule has 0 saturated heterocycles. The van der Waals surface area contributed by atoms with Gasteiger partial charge in [-0.1, -0.05) is 0 Å². The van der Waals surface area contributed by atoms with Gasteiger partial charge in [0.25, 0.3) is 11.6 Å². The molecule has 2 rings (SSSR count). The molecule has 0 radical (unpaired) electrons. The zero-order valence-corrected chi connectivity index (χ0v) is 13.4. The van der Waals surface area contributed by atoms with Gasteiger partial charge in [-0.05, 0) is 19.1 Å². The summed E-state index contributed by atoms with van der Waals surface area (Å²) in [5.41, 5.74) is 0.195. The van der Waals surface area contributed by atoms with Crippen LogP contribution in [0.4, 0.5) is 11.4 Å². The lowest BCUT2D eigenvalue weighted by Crippen LogP contribution is -2.22. The highest BCUT2D eigenvalue weighted by molar-refractivity contribution is 5.96. The van der Waals surface area contributed by atoms with Crippen molar-refractivity contribution >= 4 is 23.3 Å². The van der Waals surface area contributed by atoms with Gasteiger partial charge in [0.1, 0.15) is 11.4 Å². The van der Waals surface area contributed by atoms with Crippen LogP contribution in [0.3, 0.4) is 0 Å². The molecular weight excluding hydrogens is 332 g/mol. The number of hydrogen-bond acceptors (Lipinski definition) is 8. The molecule has 0 unspecified atom stereocenters. The second-order valence-electron chi connectivity index (χ2n) is 4.81. The van der Waals surface area contributed by atoms with Gasteiger partial charge < -0.3 is 14.8 Å². The minimum atomic E-state index is -0.827. The maximum absolute atomic E-state index is 11.9. The fraction of sp³-hybridized carbons (Fsp3) is 0.200. The van der Waals surface area contributed by atoms with Crippen molar-refractivity contribution in [3.05, 3.63) is 52.1 Å². The number of esters is 1. The SMILES string of the molecule is COc1ccc(NC(=O)COC(=O)c2cnc(C)cn2)c([N+](=O)[O-])c1. The van der Waals surface area contributed by atoms with E-state index in [9.17, 15) is 19.7 Å². The molecule has 2 aromatic rings. The molecule has 0 atom stereocenters. The summed E-state index contributed by atoms with van der Waals surface area (Å²) in [6.07, 6.45) is 2.61. The summed E-state index contributed by atoms with van der Waals surface area (Å²) in [5, 5.41) is 13.4. The topological polar surface area (TPSA) is 134 Å². The van der Waals surface area contributed by atoms with Crippen LogP contribution in [0, 0.1) is 17.0 Å². The summed E-state index contributed by atoms with van der Waals surface area (Å²) >= 11 is 0. The molecule has 0 fully saturated rings. The van der Waals surface area contributed by atoms with E-state index in [0.29, 0.717) is 5.69 Å². The summed E-state index contributed by atoms with van der Waals surface area (Å²) in [6.45, 7) is 1.08. The van der Waals surface area contributed by atoms with Gasteiger partial charge in [-0.15, -0.1) is 0 Å². The summed E-state index contributed by atoms with van der Waals surface area (Å²) in [7, 11) is 1.37. The Morgan fingerprint density at radius 2 is 2.04 bits per heavy atom. The zero-order chi connectivity index (χ0) is 18.4. The molecule has 0 aliphatic heterocycles. The van der Waals surface area contributed by atoms with E-state index in [4.69, 9.17) is 9.47 Å². The Bertz CT molecular complexity index is 806. The molecule has 10 heteroatoms. The van der Waals surface area contributed by atoms with Crippen molar-refractivity contribution in [2.75, 3.05) is 19.0 Å². The molecule has 1 amide bonds. The Morgan fingerprint density at radius 3 is 2.64 bits per heavy atom. The molecule has 0 aliphatic rings. The lowest BCUT2D eigenvalue weighted by atomic mass is 10.2. The van der Waals surface area contributed by atoms with Gasteiger partial charge in [-0.25, -0.2) is 9.78 Å². The van der Waals surface area contributed by atoms with Gasteiger partial charge in [0.15, 0.2) is 12.3 Å². The average Bonchev–Trinajstić information content (AvgIpc) is 2.60. The molecule has 1 aromatic heterocycles. The first-order valence-electron chi connectivity index (χ1n) is 6.98.